The normalized spacial score (nSPS) is 32.5. The third-order valence-electron chi connectivity index (χ3n) is 14.8. The number of fused-ring (bicyclic) bond motifs is 7. The first kappa shape index (κ1) is 50.3. The van der Waals surface area contributed by atoms with Crippen LogP contribution in [0.25, 0.3) is 0 Å². The number of aromatic hydroxyl groups is 1. The lowest BCUT2D eigenvalue weighted by Crippen LogP contribution is -2.70. The van der Waals surface area contributed by atoms with Gasteiger partial charge in [-0.2, -0.15) is 12.6 Å². The molecule has 4 aliphatic carbocycles. The van der Waals surface area contributed by atoms with Gasteiger partial charge in [0.15, 0.2) is 29.1 Å². The van der Waals surface area contributed by atoms with Crippen LogP contribution in [-0.2, 0) is 49.5 Å². The zero-order valence-corrected chi connectivity index (χ0v) is 38.7. The minimum absolute atomic E-state index is 0.0180. The van der Waals surface area contributed by atoms with Crippen LogP contribution in [0.15, 0.2) is 66.3 Å². The Morgan fingerprint density at radius 1 is 0.941 bits per heavy atom. The van der Waals surface area contributed by atoms with Crippen molar-refractivity contribution in [3.8, 4) is 5.75 Å². The van der Waals surface area contributed by atoms with E-state index in [0.29, 0.717) is 17.5 Å². The molecule has 3 saturated carbocycles. The van der Waals surface area contributed by atoms with Gasteiger partial charge < -0.3 is 51.2 Å². The van der Waals surface area contributed by atoms with E-state index in [1.807, 2.05) is 0 Å². The second-order valence-corrected chi connectivity index (χ2v) is 19.5. The largest absolute Gasteiger partial charge is 0.506 e. The number of halogens is 2. The summed E-state index contributed by atoms with van der Waals surface area (Å²) >= 11 is 3.91. The lowest BCUT2D eigenvalue weighted by Gasteiger charge is -2.63. The van der Waals surface area contributed by atoms with E-state index in [1.54, 1.807) is 43.3 Å². The number of rotatable bonds is 16. The molecule has 1 saturated heterocycles. The molecule has 5 aliphatic rings. The van der Waals surface area contributed by atoms with Crippen molar-refractivity contribution >= 4 is 59.5 Å². The number of Topliss-reactive ketones (excluding diaryl/α,β-unsaturated/α-hetero) is 1. The predicted octanol–water partition coefficient (Wildman–Crippen LogP) is 2.85. The summed E-state index contributed by atoms with van der Waals surface area (Å²) in [5.41, 5.74) is -5.03. The number of phenolic OH excluding ortho intramolecular Hbond substituents is 1. The van der Waals surface area contributed by atoms with Crippen molar-refractivity contribution in [2.75, 3.05) is 18.5 Å². The van der Waals surface area contributed by atoms with E-state index < -0.39 is 130 Å². The predicted molar refractivity (Wildman–Crippen MR) is 241 cm³/mol. The molecular weight excluding hydrogens is 911 g/mol. The molecule has 4 fully saturated rings. The molecule has 2 aromatic rings. The molecule has 366 valence electrons. The number of alkyl halides is 2. The SMILES string of the molecule is C[C@H](NC(=O)CCNC(=O)C(S)CC(=O)O)C(=O)N[C@@H](C)C(=O)Nc1cc(Cc2ccc([C@@H]3O[C@@H]4C[C@H]5[C@@H]6C[C@H](F)C7=CC(=O)C=C[C@]7(C)[C@@]6(F)[C@@H](O)C[C@]5(C)[C@]4(C(=O)CO)O3)cc2)ccc1O. The first-order chi connectivity index (χ1) is 32.0. The van der Waals surface area contributed by atoms with Crippen molar-refractivity contribution in [2.24, 2.45) is 22.7 Å². The number of ketones is 2. The molecule has 1 unspecified atom stereocenters. The molecule has 0 radical (unpaired) electrons. The maximum Gasteiger partial charge on any atom is 0.304 e. The second-order valence-electron chi connectivity index (χ2n) is 18.9. The lowest BCUT2D eigenvalue weighted by molar-refractivity contribution is -0.235. The minimum atomic E-state index is -2.38. The number of aliphatic hydroxyl groups is 2. The van der Waals surface area contributed by atoms with E-state index in [2.05, 4.69) is 33.9 Å². The molecule has 17 nitrogen and oxygen atoms in total. The van der Waals surface area contributed by atoms with Crippen LogP contribution in [0.2, 0.25) is 0 Å². The summed E-state index contributed by atoms with van der Waals surface area (Å²) in [6.07, 6.45) is -2.63. The molecule has 13 atom stereocenters. The minimum Gasteiger partial charge on any atom is -0.506 e. The van der Waals surface area contributed by atoms with Crippen molar-refractivity contribution in [1.82, 2.24) is 16.0 Å². The number of nitrogens with one attached hydrogen (secondary N) is 4. The van der Waals surface area contributed by atoms with E-state index in [4.69, 9.17) is 14.6 Å². The highest BCUT2D eigenvalue weighted by molar-refractivity contribution is 7.81. The first-order valence-corrected chi connectivity index (χ1v) is 22.9. The van der Waals surface area contributed by atoms with Crippen LogP contribution in [0, 0.1) is 22.7 Å². The maximum atomic E-state index is 17.8. The van der Waals surface area contributed by atoms with Crippen LogP contribution in [0.5, 0.6) is 5.75 Å². The Hall–Kier alpha value is -5.54. The van der Waals surface area contributed by atoms with Gasteiger partial charge in [0.05, 0.1) is 29.6 Å². The van der Waals surface area contributed by atoms with Crippen molar-refractivity contribution in [1.29, 1.82) is 0 Å². The zero-order chi connectivity index (χ0) is 49.7. The first-order valence-electron chi connectivity index (χ1n) is 22.4. The Morgan fingerprint density at radius 3 is 2.29 bits per heavy atom. The molecule has 1 heterocycles. The van der Waals surface area contributed by atoms with Crippen LogP contribution < -0.4 is 21.3 Å². The molecule has 1 aliphatic heterocycles. The monoisotopic (exact) mass is 966 g/mol. The van der Waals surface area contributed by atoms with Crippen molar-refractivity contribution in [3.05, 3.63) is 83.0 Å². The number of carboxylic acid groups (broad SMARTS) is 1. The molecule has 4 amide bonds. The number of allylic oxidation sites excluding steroid dienone is 4. The van der Waals surface area contributed by atoms with E-state index in [-0.39, 0.29) is 49.2 Å². The molecule has 20 heteroatoms. The molecule has 0 spiro atoms. The standard InChI is InChI=1S/C48H56F2N4O13S/c1-23(52-39(60)12-14-51-43(65)35(68)20-40(61)62)41(63)53-24(2)42(64)54-33-16-26(7-10-34(33)57)15-25-5-8-27(9-6-25)44-66-38-19-29-30-18-32(49)31-17-28(56)11-13-45(31,3)47(30,50)36(58)21-46(29,4)48(38,67-44)37(59)22-55/h5-11,13,16-17,23-24,29-30,32,35-36,38,44,55,57-58,68H,12,14-15,18-22H2,1-4H3,(H,51,65)(H,52,60)(H,53,63)(H,54,64)(H,61,62)/t23-,24-,29-,30-,32-,35?,36-,38+,44+,45-,46-,47-,48+/m0/s1. The van der Waals surface area contributed by atoms with Crippen LogP contribution in [0.4, 0.5) is 14.5 Å². The Balaban J connectivity index is 0.961. The summed E-state index contributed by atoms with van der Waals surface area (Å²) < 4.78 is 46.8. The molecule has 0 aromatic heterocycles. The summed E-state index contributed by atoms with van der Waals surface area (Å²) in [6.45, 7) is 4.96. The Bertz CT molecular complexity index is 2460. The summed E-state index contributed by atoms with van der Waals surface area (Å²) in [6, 6.07) is 9.49. The third-order valence-corrected chi connectivity index (χ3v) is 15.2. The van der Waals surface area contributed by atoms with Gasteiger partial charge in [-0.15, -0.1) is 0 Å². The number of thiol groups is 1. The Labute approximate surface area is 395 Å². The fraction of sp³-hybridized carbons (Fsp3) is 0.521. The fourth-order valence-corrected chi connectivity index (χ4v) is 11.5. The van der Waals surface area contributed by atoms with Gasteiger partial charge in [0.25, 0.3) is 0 Å². The van der Waals surface area contributed by atoms with Gasteiger partial charge in [0.1, 0.15) is 30.6 Å². The summed E-state index contributed by atoms with van der Waals surface area (Å²) in [5.74, 6) is -6.99. The Kier molecular flexibility index (Phi) is 14.1. The molecule has 7 rings (SSSR count). The van der Waals surface area contributed by atoms with E-state index >= 15 is 8.78 Å². The quantitative estimate of drug-likeness (QED) is 0.0867. The summed E-state index contributed by atoms with van der Waals surface area (Å²) in [5, 5.41) is 50.3. The van der Waals surface area contributed by atoms with Crippen LogP contribution in [-0.4, -0.2) is 122 Å². The number of hydrogen-bond acceptors (Lipinski definition) is 13. The van der Waals surface area contributed by atoms with E-state index in [1.165, 1.54) is 39.0 Å². The zero-order valence-electron chi connectivity index (χ0n) is 37.8. The number of anilines is 1. The van der Waals surface area contributed by atoms with Gasteiger partial charge in [0, 0.05) is 35.3 Å². The average molecular weight is 967 g/mol. The second kappa shape index (κ2) is 19.1. The van der Waals surface area contributed by atoms with Gasteiger partial charge in [-0.05, 0) is 93.4 Å². The Morgan fingerprint density at radius 2 is 1.62 bits per heavy atom. The number of aliphatic hydroxyl groups excluding tert-OH is 2. The number of benzene rings is 2. The van der Waals surface area contributed by atoms with Gasteiger partial charge in [-0.25, -0.2) is 8.78 Å². The fourth-order valence-electron chi connectivity index (χ4n) is 11.2. The summed E-state index contributed by atoms with van der Waals surface area (Å²) in [4.78, 5) is 87.1. The molecule has 8 N–H and O–H groups in total. The van der Waals surface area contributed by atoms with Gasteiger partial charge in [-0.1, -0.05) is 43.3 Å². The number of aliphatic carboxylic acids is 1. The van der Waals surface area contributed by atoms with Crippen molar-refractivity contribution in [3.63, 3.8) is 0 Å². The number of carbonyl (C=O) groups is 7. The van der Waals surface area contributed by atoms with Gasteiger partial charge >= 0.3 is 5.97 Å². The molecule has 68 heavy (non-hydrogen) atoms. The van der Waals surface area contributed by atoms with Crippen LogP contribution in [0.3, 0.4) is 0 Å². The van der Waals surface area contributed by atoms with Gasteiger partial charge in [0.2, 0.25) is 23.6 Å². The van der Waals surface area contributed by atoms with Crippen LogP contribution >= 0.6 is 12.6 Å². The molecule has 0 bridgehead atoms. The van der Waals surface area contributed by atoms with Crippen molar-refractivity contribution in [2.45, 2.75) is 119 Å². The highest BCUT2D eigenvalue weighted by Gasteiger charge is 2.80. The third kappa shape index (κ3) is 8.84. The highest BCUT2D eigenvalue weighted by atomic mass is 32.1. The lowest BCUT2D eigenvalue weighted by atomic mass is 9.44. The topological polar surface area (TPSA) is 267 Å². The number of carboxylic acids is 1. The number of amides is 4. The maximum absolute atomic E-state index is 17.8. The molecular formula is C48H56F2N4O13S. The highest BCUT2D eigenvalue weighted by Crippen LogP contribution is 2.72. The summed E-state index contributed by atoms with van der Waals surface area (Å²) in [7, 11) is 0. The van der Waals surface area contributed by atoms with Gasteiger partial charge in [-0.3, -0.25) is 33.6 Å². The van der Waals surface area contributed by atoms with Crippen molar-refractivity contribution < 1.29 is 72.2 Å². The number of ether oxygens (including phenoxy) is 2. The smallest absolute Gasteiger partial charge is 0.304 e. The van der Waals surface area contributed by atoms with E-state index in [9.17, 15) is 48.9 Å². The number of carbonyl (C=O) groups excluding carboxylic acids is 6. The van der Waals surface area contributed by atoms with E-state index in [0.717, 1.165) is 11.6 Å². The number of phenols is 1. The average Bonchev–Trinajstić information content (AvgIpc) is 3.78. The molecule has 2 aromatic carbocycles. The number of hydrogen-bond donors (Lipinski definition) is 9. The van der Waals surface area contributed by atoms with Crippen LogP contribution in [0.1, 0.15) is 82.8 Å².